The molecule has 0 saturated carbocycles. The first-order valence-electron chi connectivity index (χ1n) is 6.96. The van der Waals surface area contributed by atoms with Gasteiger partial charge >= 0.3 is 12.1 Å². The van der Waals surface area contributed by atoms with Gasteiger partial charge in [0.1, 0.15) is 11.6 Å². The van der Waals surface area contributed by atoms with Gasteiger partial charge in [-0.1, -0.05) is 24.3 Å². The third-order valence-corrected chi connectivity index (χ3v) is 3.34. The van der Waals surface area contributed by atoms with E-state index < -0.39 is 23.7 Å². The molecule has 1 aromatic carbocycles. The van der Waals surface area contributed by atoms with Crippen molar-refractivity contribution in [3.8, 4) is 0 Å². The highest BCUT2D eigenvalue weighted by Crippen LogP contribution is 2.25. The van der Waals surface area contributed by atoms with E-state index in [1.807, 2.05) is 45.0 Å². The molecule has 5 nitrogen and oxygen atoms in total. The Morgan fingerprint density at radius 1 is 1.19 bits per heavy atom. The minimum absolute atomic E-state index is 0.354. The standard InChI is InChI=1S/C16H21NO4/c1-16(2,3)21-14(18)13-9-11-7-5-6-8-12(11)10-17(13)15(19)20-4/h5-8,13H,9-10H2,1-4H3. The summed E-state index contributed by atoms with van der Waals surface area (Å²) in [5.41, 5.74) is 1.51. The van der Waals surface area contributed by atoms with E-state index in [-0.39, 0.29) is 0 Å². The van der Waals surface area contributed by atoms with E-state index in [2.05, 4.69) is 0 Å². The van der Waals surface area contributed by atoms with Crippen molar-refractivity contribution < 1.29 is 19.1 Å². The molecule has 1 amide bonds. The second kappa shape index (κ2) is 5.76. The Morgan fingerprint density at radius 2 is 1.81 bits per heavy atom. The van der Waals surface area contributed by atoms with Crippen LogP contribution in [0.2, 0.25) is 0 Å². The van der Waals surface area contributed by atoms with Gasteiger partial charge < -0.3 is 9.47 Å². The van der Waals surface area contributed by atoms with Crippen LogP contribution in [0, 0.1) is 0 Å². The van der Waals surface area contributed by atoms with Gasteiger partial charge in [-0.05, 0) is 31.9 Å². The Bertz CT molecular complexity index is 547. The maximum atomic E-state index is 12.4. The van der Waals surface area contributed by atoms with Gasteiger partial charge in [0, 0.05) is 6.42 Å². The van der Waals surface area contributed by atoms with Crippen molar-refractivity contribution in [3.63, 3.8) is 0 Å². The van der Waals surface area contributed by atoms with Crippen LogP contribution < -0.4 is 0 Å². The van der Waals surface area contributed by atoms with Crippen LogP contribution in [0.1, 0.15) is 31.9 Å². The van der Waals surface area contributed by atoms with Crippen molar-refractivity contribution in [1.29, 1.82) is 0 Å². The molecule has 0 aromatic heterocycles. The van der Waals surface area contributed by atoms with Crippen molar-refractivity contribution in [3.05, 3.63) is 35.4 Å². The first-order valence-corrected chi connectivity index (χ1v) is 6.96. The van der Waals surface area contributed by atoms with Gasteiger partial charge in [-0.15, -0.1) is 0 Å². The summed E-state index contributed by atoms with van der Waals surface area (Å²) in [5, 5.41) is 0. The van der Waals surface area contributed by atoms with Crippen LogP contribution in [0.25, 0.3) is 0 Å². The zero-order valence-corrected chi connectivity index (χ0v) is 12.9. The zero-order chi connectivity index (χ0) is 15.6. The minimum atomic E-state index is -0.647. The van der Waals surface area contributed by atoms with Crippen molar-refractivity contribution in [2.45, 2.75) is 45.4 Å². The molecule has 114 valence electrons. The van der Waals surface area contributed by atoms with Crippen molar-refractivity contribution in [2.75, 3.05) is 7.11 Å². The highest BCUT2D eigenvalue weighted by atomic mass is 16.6. The van der Waals surface area contributed by atoms with E-state index in [4.69, 9.17) is 9.47 Å². The van der Waals surface area contributed by atoms with Crippen LogP contribution in [0.15, 0.2) is 24.3 Å². The summed E-state index contributed by atoms with van der Waals surface area (Å²) >= 11 is 0. The number of rotatable bonds is 1. The molecule has 5 heteroatoms. The molecule has 0 bridgehead atoms. The van der Waals surface area contributed by atoms with Gasteiger partial charge in [0.2, 0.25) is 0 Å². The summed E-state index contributed by atoms with van der Waals surface area (Å²) in [4.78, 5) is 25.8. The lowest BCUT2D eigenvalue weighted by atomic mass is 9.94. The van der Waals surface area contributed by atoms with Gasteiger partial charge in [0.05, 0.1) is 13.7 Å². The highest BCUT2D eigenvalue weighted by Gasteiger charge is 2.37. The molecule has 1 aromatic rings. The van der Waals surface area contributed by atoms with Gasteiger partial charge in [-0.2, -0.15) is 0 Å². The van der Waals surface area contributed by atoms with E-state index in [1.165, 1.54) is 12.0 Å². The van der Waals surface area contributed by atoms with E-state index in [0.717, 1.165) is 11.1 Å². The fourth-order valence-corrected chi connectivity index (χ4v) is 2.41. The molecule has 0 fully saturated rings. The summed E-state index contributed by atoms with van der Waals surface area (Å²) in [6.45, 7) is 5.78. The predicted molar refractivity (Wildman–Crippen MR) is 77.7 cm³/mol. The second-order valence-electron chi connectivity index (χ2n) is 6.12. The molecule has 0 saturated heterocycles. The van der Waals surface area contributed by atoms with Crippen LogP contribution in [0.4, 0.5) is 4.79 Å². The largest absolute Gasteiger partial charge is 0.458 e. The number of benzene rings is 1. The van der Waals surface area contributed by atoms with Gasteiger partial charge in [0.25, 0.3) is 0 Å². The van der Waals surface area contributed by atoms with Gasteiger partial charge in [-0.3, -0.25) is 4.90 Å². The summed E-state index contributed by atoms with van der Waals surface area (Å²) in [5.74, 6) is -0.401. The normalized spacial score (nSPS) is 17.9. The van der Waals surface area contributed by atoms with Crippen LogP contribution in [-0.2, 0) is 27.2 Å². The molecule has 0 radical (unpaired) electrons. The average Bonchev–Trinajstić information content (AvgIpc) is 2.43. The quantitative estimate of drug-likeness (QED) is 0.746. The smallest absolute Gasteiger partial charge is 0.410 e. The summed E-state index contributed by atoms with van der Waals surface area (Å²) in [7, 11) is 1.31. The zero-order valence-electron chi connectivity index (χ0n) is 12.9. The van der Waals surface area contributed by atoms with Gasteiger partial charge in [0.15, 0.2) is 0 Å². The number of carbonyl (C=O) groups is 2. The number of methoxy groups -OCH3 is 1. The number of esters is 1. The molecule has 1 aliphatic heterocycles. The first-order chi connectivity index (χ1) is 9.81. The molecular weight excluding hydrogens is 270 g/mol. The molecular formula is C16H21NO4. The van der Waals surface area contributed by atoms with Crippen LogP contribution in [-0.4, -0.2) is 35.7 Å². The lowest BCUT2D eigenvalue weighted by Crippen LogP contribution is -2.50. The monoisotopic (exact) mass is 291 g/mol. The SMILES string of the molecule is COC(=O)N1Cc2ccccc2CC1C(=O)OC(C)(C)C. The summed E-state index contributed by atoms with van der Waals surface area (Å²) in [6.07, 6.45) is -0.0689. The maximum Gasteiger partial charge on any atom is 0.410 e. The van der Waals surface area contributed by atoms with Crippen LogP contribution >= 0.6 is 0 Å². The first kappa shape index (κ1) is 15.4. The lowest BCUT2D eigenvalue weighted by molar-refractivity contribution is -0.161. The molecule has 1 heterocycles. The molecule has 2 rings (SSSR count). The summed E-state index contributed by atoms with van der Waals surface area (Å²) in [6, 6.07) is 7.13. The summed E-state index contributed by atoms with van der Waals surface area (Å²) < 4.78 is 10.2. The Morgan fingerprint density at radius 3 is 2.38 bits per heavy atom. The average molecular weight is 291 g/mol. The van der Waals surface area contributed by atoms with E-state index >= 15 is 0 Å². The molecule has 0 spiro atoms. The van der Waals surface area contributed by atoms with Crippen molar-refractivity contribution >= 4 is 12.1 Å². The molecule has 1 atom stereocenters. The van der Waals surface area contributed by atoms with E-state index in [1.54, 1.807) is 0 Å². The fraction of sp³-hybridized carbons (Fsp3) is 0.500. The highest BCUT2D eigenvalue weighted by molar-refractivity contribution is 5.82. The Hall–Kier alpha value is -2.04. The number of hydrogen-bond donors (Lipinski definition) is 0. The van der Waals surface area contributed by atoms with E-state index in [0.29, 0.717) is 13.0 Å². The topological polar surface area (TPSA) is 55.8 Å². The number of fused-ring (bicyclic) bond motifs is 1. The van der Waals surface area contributed by atoms with Crippen molar-refractivity contribution in [1.82, 2.24) is 4.90 Å². The predicted octanol–water partition coefficient (Wildman–Crippen LogP) is 2.52. The number of carbonyl (C=O) groups excluding carboxylic acids is 2. The molecule has 0 N–H and O–H groups in total. The number of amides is 1. The Balaban J connectivity index is 2.28. The fourth-order valence-electron chi connectivity index (χ4n) is 2.41. The lowest BCUT2D eigenvalue weighted by Gasteiger charge is -2.35. The molecule has 1 aliphatic rings. The van der Waals surface area contributed by atoms with E-state index in [9.17, 15) is 9.59 Å². The van der Waals surface area contributed by atoms with Crippen LogP contribution in [0.3, 0.4) is 0 Å². The Labute approximate surface area is 124 Å². The second-order valence-corrected chi connectivity index (χ2v) is 6.12. The molecule has 0 aliphatic carbocycles. The third-order valence-electron chi connectivity index (χ3n) is 3.34. The van der Waals surface area contributed by atoms with Gasteiger partial charge in [-0.25, -0.2) is 9.59 Å². The Kier molecular flexibility index (Phi) is 4.21. The maximum absolute atomic E-state index is 12.4. The molecule has 21 heavy (non-hydrogen) atoms. The number of nitrogens with zero attached hydrogens (tertiary/aromatic N) is 1. The molecule has 1 unspecified atom stereocenters. The van der Waals surface area contributed by atoms with Crippen molar-refractivity contribution in [2.24, 2.45) is 0 Å². The number of ether oxygens (including phenoxy) is 2. The third kappa shape index (κ3) is 3.54. The minimum Gasteiger partial charge on any atom is -0.458 e. The number of hydrogen-bond acceptors (Lipinski definition) is 4. The van der Waals surface area contributed by atoms with Crippen LogP contribution in [0.5, 0.6) is 0 Å².